The first-order valence-corrected chi connectivity index (χ1v) is 12.6. The molecule has 11 heteroatoms. The summed E-state index contributed by atoms with van der Waals surface area (Å²) in [6, 6.07) is 11.9. The quantitative estimate of drug-likeness (QED) is 0.386. The van der Waals surface area contributed by atoms with Crippen LogP contribution in [0.15, 0.2) is 60.9 Å². The average molecular weight is 522 g/mol. The van der Waals surface area contributed by atoms with E-state index >= 15 is 4.39 Å². The molecule has 0 spiro atoms. The lowest BCUT2D eigenvalue weighted by Crippen LogP contribution is -2.43. The van der Waals surface area contributed by atoms with Crippen molar-refractivity contribution in [1.29, 1.82) is 0 Å². The molecule has 2 aromatic carbocycles. The summed E-state index contributed by atoms with van der Waals surface area (Å²) in [5.74, 6) is -4.02. The van der Waals surface area contributed by atoms with Crippen LogP contribution in [0.4, 0.5) is 30.4 Å². The van der Waals surface area contributed by atoms with E-state index in [4.69, 9.17) is 0 Å². The van der Waals surface area contributed by atoms with E-state index < -0.39 is 23.3 Å². The number of fused-ring (bicyclic) bond motifs is 1. The largest absolute Gasteiger partial charge is 0.369 e. The molecule has 4 heterocycles. The molecule has 6 rings (SSSR count). The molecule has 2 aromatic heterocycles. The van der Waals surface area contributed by atoms with Crippen LogP contribution >= 0.6 is 0 Å². The zero-order valence-corrected chi connectivity index (χ0v) is 20.5. The Labute approximate surface area is 217 Å². The fourth-order valence-electron chi connectivity index (χ4n) is 5.20. The molecule has 0 bridgehead atoms. The number of rotatable bonds is 5. The third-order valence-corrected chi connectivity index (χ3v) is 7.14. The summed E-state index contributed by atoms with van der Waals surface area (Å²) in [7, 11) is 0. The van der Waals surface area contributed by atoms with Gasteiger partial charge in [0, 0.05) is 62.3 Å². The summed E-state index contributed by atoms with van der Waals surface area (Å²) in [5, 5.41) is 10.4. The van der Waals surface area contributed by atoms with Crippen LogP contribution in [0.1, 0.15) is 28.8 Å². The maximum absolute atomic E-state index is 16.2. The number of anilines is 3. The molecule has 0 radical (unpaired) electrons. The van der Waals surface area contributed by atoms with E-state index in [1.165, 1.54) is 15.6 Å². The van der Waals surface area contributed by atoms with E-state index in [0.717, 1.165) is 50.1 Å². The normalized spacial score (nSPS) is 19.8. The highest BCUT2D eigenvalue weighted by Crippen LogP contribution is 2.43. The van der Waals surface area contributed by atoms with E-state index in [1.807, 2.05) is 24.3 Å². The molecular weight excluding hydrogens is 495 g/mol. The van der Waals surface area contributed by atoms with Crippen molar-refractivity contribution in [1.82, 2.24) is 19.9 Å². The van der Waals surface area contributed by atoms with Gasteiger partial charge in [0.15, 0.2) is 5.65 Å². The van der Waals surface area contributed by atoms with Crippen LogP contribution in [-0.4, -0.2) is 53.2 Å². The summed E-state index contributed by atoms with van der Waals surface area (Å²) < 4.78 is 46.1. The molecule has 0 unspecified atom stereocenters. The minimum Gasteiger partial charge on any atom is -0.369 e. The number of carbonyl (C=O) groups is 1. The van der Waals surface area contributed by atoms with Gasteiger partial charge in [0.2, 0.25) is 5.79 Å². The standard InChI is InChI=1S/C27H26F3N7O/c28-18-2-7-23(29)22(16-18)27(30)9-1-12-36(27)24-8-13-37-25(34-24)21(17-32-37)26(38)33-19-3-5-20(6-4-19)35-14-10-31-11-15-35/h2-8,13,16-17,31H,1,9-12,14-15H2,(H,33,38)/t27-/m0/s1. The van der Waals surface area contributed by atoms with E-state index in [-0.39, 0.29) is 35.6 Å². The third-order valence-electron chi connectivity index (χ3n) is 7.14. The Morgan fingerprint density at radius 1 is 1.03 bits per heavy atom. The average Bonchev–Trinajstić information content (AvgIpc) is 3.54. The topological polar surface area (TPSA) is 77.8 Å². The Kier molecular flexibility index (Phi) is 6.15. The minimum atomic E-state index is -2.27. The minimum absolute atomic E-state index is 0.0171. The fraction of sp³-hybridized carbons (Fsp3) is 0.296. The van der Waals surface area contributed by atoms with E-state index in [2.05, 4.69) is 25.6 Å². The molecule has 0 saturated carbocycles. The number of piperazine rings is 1. The Balaban J connectivity index is 1.26. The van der Waals surface area contributed by atoms with Crippen molar-refractivity contribution in [2.24, 2.45) is 0 Å². The molecule has 2 fully saturated rings. The summed E-state index contributed by atoms with van der Waals surface area (Å²) in [4.78, 5) is 21.3. The zero-order valence-electron chi connectivity index (χ0n) is 20.5. The van der Waals surface area contributed by atoms with Gasteiger partial charge in [-0.1, -0.05) is 0 Å². The lowest BCUT2D eigenvalue weighted by molar-refractivity contribution is 0.102. The van der Waals surface area contributed by atoms with Crippen molar-refractivity contribution in [3.63, 3.8) is 0 Å². The van der Waals surface area contributed by atoms with Crippen molar-refractivity contribution >= 4 is 28.7 Å². The Morgan fingerprint density at radius 2 is 1.82 bits per heavy atom. The van der Waals surface area contributed by atoms with Crippen molar-refractivity contribution in [2.45, 2.75) is 18.6 Å². The predicted octanol–water partition coefficient (Wildman–Crippen LogP) is 4.09. The number of benzene rings is 2. The van der Waals surface area contributed by atoms with Crippen LogP contribution in [0, 0.1) is 11.6 Å². The maximum Gasteiger partial charge on any atom is 0.261 e. The second kappa shape index (κ2) is 9.64. The number of hydrogen-bond donors (Lipinski definition) is 2. The number of amides is 1. The molecule has 8 nitrogen and oxygen atoms in total. The van der Waals surface area contributed by atoms with Gasteiger partial charge in [-0.3, -0.25) is 4.79 Å². The summed E-state index contributed by atoms with van der Waals surface area (Å²) in [6.45, 7) is 3.96. The Morgan fingerprint density at radius 3 is 2.61 bits per heavy atom. The van der Waals surface area contributed by atoms with Gasteiger partial charge in [0.05, 0.1) is 6.20 Å². The van der Waals surface area contributed by atoms with E-state index in [1.54, 1.807) is 12.3 Å². The molecular formula is C27H26F3N7O. The highest BCUT2D eigenvalue weighted by molar-refractivity contribution is 6.08. The van der Waals surface area contributed by atoms with Gasteiger partial charge in [-0.15, -0.1) is 0 Å². The summed E-state index contributed by atoms with van der Waals surface area (Å²) in [5.41, 5.74) is 1.77. The maximum atomic E-state index is 16.2. The molecule has 2 saturated heterocycles. The molecule has 1 amide bonds. The fourth-order valence-corrected chi connectivity index (χ4v) is 5.20. The zero-order chi connectivity index (χ0) is 26.3. The Bertz CT molecular complexity index is 1490. The van der Waals surface area contributed by atoms with Gasteiger partial charge < -0.3 is 20.4 Å². The molecule has 1 atom stereocenters. The van der Waals surface area contributed by atoms with Crippen LogP contribution in [0.5, 0.6) is 0 Å². The molecule has 2 aliphatic rings. The summed E-state index contributed by atoms with van der Waals surface area (Å²) in [6.07, 6.45) is 3.37. The Hall–Kier alpha value is -4.12. The molecule has 2 aliphatic heterocycles. The van der Waals surface area contributed by atoms with Crippen LogP contribution in [0.2, 0.25) is 0 Å². The number of carbonyl (C=O) groups excluding carboxylic acids is 1. The van der Waals surface area contributed by atoms with Crippen molar-refractivity contribution < 1.29 is 18.0 Å². The van der Waals surface area contributed by atoms with Crippen LogP contribution in [-0.2, 0) is 5.79 Å². The first kappa shape index (κ1) is 24.2. The molecule has 2 N–H and O–H groups in total. The van der Waals surface area contributed by atoms with Gasteiger partial charge in [-0.05, 0) is 55.0 Å². The summed E-state index contributed by atoms with van der Waals surface area (Å²) >= 11 is 0. The van der Waals surface area contributed by atoms with Gasteiger partial charge in [-0.2, -0.15) is 5.10 Å². The van der Waals surface area contributed by atoms with Gasteiger partial charge in [0.25, 0.3) is 5.91 Å². The second-order valence-electron chi connectivity index (χ2n) is 9.49. The smallest absolute Gasteiger partial charge is 0.261 e. The van der Waals surface area contributed by atoms with Crippen molar-refractivity contribution in [3.8, 4) is 0 Å². The first-order valence-electron chi connectivity index (χ1n) is 12.6. The molecule has 196 valence electrons. The monoisotopic (exact) mass is 521 g/mol. The molecule has 4 aromatic rings. The lowest BCUT2D eigenvalue weighted by atomic mass is 10.0. The van der Waals surface area contributed by atoms with Crippen LogP contribution < -0.4 is 20.4 Å². The van der Waals surface area contributed by atoms with E-state index in [9.17, 15) is 13.6 Å². The van der Waals surface area contributed by atoms with Gasteiger partial charge in [0.1, 0.15) is 23.0 Å². The number of alkyl halides is 1. The van der Waals surface area contributed by atoms with Crippen LogP contribution in [0.3, 0.4) is 0 Å². The number of nitrogens with one attached hydrogen (secondary N) is 2. The highest BCUT2D eigenvalue weighted by atomic mass is 19.2. The number of hydrogen-bond acceptors (Lipinski definition) is 6. The highest BCUT2D eigenvalue weighted by Gasteiger charge is 2.46. The molecule has 38 heavy (non-hydrogen) atoms. The van der Waals surface area contributed by atoms with E-state index in [0.29, 0.717) is 12.1 Å². The predicted molar refractivity (Wildman–Crippen MR) is 138 cm³/mol. The SMILES string of the molecule is O=C(Nc1ccc(N2CCNCC2)cc1)c1cnn2ccc(N3CCC[C@@]3(F)c3cc(F)ccc3F)nc12. The van der Waals surface area contributed by atoms with Gasteiger partial charge in [-0.25, -0.2) is 22.7 Å². The molecule has 0 aliphatic carbocycles. The van der Waals surface area contributed by atoms with Crippen molar-refractivity contribution in [3.05, 3.63) is 83.7 Å². The van der Waals surface area contributed by atoms with Crippen LogP contribution in [0.25, 0.3) is 5.65 Å². The number of aromatic nitrogens is 3. The second-order valence-corrected chi connectivity index (χ2v) is 9.49. The lowest BCUT2D eigenvalue weighted by Gasteiger charge is -2.32. The van der Waals surface area contributed by atoms with Gasteiger partial charge >= 0.3 is 0 Å². The third kappa shape index (κ3) is 4.32. The first-order chi connectivity index (χ1) is 18.4. The number of nitrogens with zero attached hydrogens (tertiary/aromatic N) is 5. The number of halogens is 3. The van der Waals surface area contributed by atoms with Crippen molar-refractivity contribution in [2.75, 3.05) is 47.8 Å².